The first-order valence-corrected chi connectivity index (χ1v) is 7.84. The first kappa shape index (κ1) is 14.9. The molecule has 1 aromatic heterocycles. The van der Waals surface area contributed by atoms with Crippen LogP contribution < -0.4 is 10.1 Å². The molecule has 0 aliphatic heterocycles. The summed E-state index contributed by atoms with van der Waals surface area (Å²) < 4.78 is 5.31. The fraction of sp³-hybridized carbons (Fsp3) is 0.222. The van der Waals surface area contributed by atoms with Crippen LogP contribution >= 0.6 is 11.6 Å². The first-order valence-electron chi connectivity index (χ1n) is 7.46. The van der Waals surface area contributed by atoms with Crippen LogP contribution in [0.4, 0.5) is 0 Å². The Balaban J connectivity index is 1.58. The van der Waals surface area contributed by atoms with E-state index in [1.807, 2.05) is 18.2 Å². The Hall–Kier alpha value is -1.97. The number of halogens is 1. The minimum Gasteiger partial charge on any atom is -0.497 e. The van der Waals surface area contributed by atoms with Crippen LogP contribution in [-0.4, -0.2) is 18.6 Å². The van der Waals surface area contributed by atoms with Crippen LogP contribution in [0.25, 0.3) is 10.9 Å². The predicted octanol–water partition coefficient (Wildman–Crippen LogP) is 3.14. The molecule has 1 heterocycles. The average molecular weight is 316 g/mol. The monoisotopic (exact) mass is 315 g/mol. The zero-order valence-corrected chi connectivity index (χ0v) is 13.4. The van der Waals surface area contributed by atoms with Gasteiger partial charge in [-0.2, -0.15) is 0 Å². The molecule has 0 amide bonds. The van der Waals surface area contributed by atoms with Gasteiger partial charge in [0, 0.05) is 34.1 Å². The number of benzene rings is 2. The fourth-order valence-electron chi connectivity index (χ4n) is 2.64. The van der Waals surface area contributed by atoms with Crippen molar-refractivity contribution in [2.75, 3.05) is 13.7 Å². The summed E-state index contributed by atoms with van der Waals surface area (Å²) in [5.41, 5.74) is 3.79. The summed E-state index contributed by atoms with van der Waals surface area (Å²) in [6.45, 7) is 2.02. The van der Waals surface area contributed by atoms with Gasteiger partial charge in [0.15, 0.2) is 0 Å². The van der Waals surface area contributed by atoms with E-state index in [2.05, 4.69) is 40.8 Å². The number of rotatable bonds is 6. The molecule has 3 nitrogen and oxygen atoms in total. The van der Waals surface area contributed by atoms with E-state index >= 15 is 0 Å². The Bertz CT molecular complexity index is 749. The van der Waals surface area contributed by atoms with Crippen molar-refractivity contribution >= 4 is 22.5 Å². The van der Waals surface area contributed by atoms with Gasteiger partial charge in [0.05, 0.1) is 13.7 Å². The number of H-pyrrole nitrogens is 1. The second kappa shape index (κ2) is 6.86. The van der Waals surface area contributed by atoms with Crippen LogP contribution in [0.3, 0.4) is 0 Å². The molecule has 0 fully saturated rings. The summed E-state index contributed by atoms with van der Waals surface area (Å²) in [6, 6.07) is 14.2. The largest absolute Gasteiger partial charge is 0.497 e. The SMILES string of the molecule is COc1ccc2[nH]cc(CC[NH2+]Cc3ccc(Cl)cc3)c2c1. The number of nitrogens with two attached hydrogens (primary N) is 1. The van der Waals surface area contributed by atoms with E-state index < -0.39 is 0 Å². The van der Waals surface area contributed by atoms with E-state index in [0.717, 1.165) is 35.8 Å². The molecule has 3 rings (SSSR count). The molecule has 3 aromatic rings. The molecule has 0 aliphatic carbocycles. The maximum atomic E-state index is 5.90. The Kier molecular flexibility index (Phi) is 4.66. The number of methoxy groups -OCH3 is 1. The highest BCUT2D eigenvalue weighted by atomic mass is 35.5. The molecule has 0 radical (unpaired) electrons. The van der Waals surface area contributed by atoms with E-state index in [1.54, 1.807) is 7.11 Å². The smallest absolute Gasteiger partial charge is 0.119 e. The van der Waals surface area contributed by atoms with E-state index in [9.17, 15) is 0 Å². The molecular weight excluding hydrogens is 296 g/mol. The third-order valence-corrected chi connectivity index (χ3v) is 4.14. The van der Waals surface area contributed by atoms with Gasteiger partial charge >= 0.3 is 0 Å². The van der Waals surface area contributed by atoms with Crippen molar-refractivity contribution in [2.24, 2.45) is 0 Å². The number of quaternary nitrogens is 1. The van der Waals surface area contributed by atoms with Crippen molar-refractivity contribution in [1.29, 1.82) is 0 Å². The molecule has 114 valence electrons. The van der Waals surface area contributed by atoms with Gasteiger partial charge in [-0.25, -0.2) is 0 Å². The summed E-state index contributed by atoms with van der Waals surface area (Å²) in [4.78, 5) is 3.32. The topological polar surface area (TPSA) is 41.6 Å². The lowest BCUT2D eigenvalue weighted by Crippen LogP contribution is -2.83. The van der Waals surface area contributed by atoms with Gasteiger partial charge in [-0.05, 0) is 35.9 Å². The lowest BCUT2D eigenvalue weighted by Gasteiger charge is -2.03. The molecule has 0 aliphatic rings. The summed E-state index contributed by atoms with van der Waals surface area (Å²) in [7, 11) is 1.70. The van der Waals surface area contributed by atoms with Crippen LogP contribution in [0.5, 0.6) is 5.75 Å². The van der Waals surface area contributed by atoms with E-state index in [4.69, 9.17) is 16.3 Å². The number of hydrogen-bond donors (Lipinski definition) is 2. The van der Waals surface area contributed by atoms with Gasteiger partial charge in [0.2, 0.25) is 0 Å². The molecule has 0 atom stereocenters. The standard InChI is InChI=1S/C18H19ClN2O/c1-22-16-6-7-18-17(10-16)14(12-21-18)8-9-20-11-13-2-4-15(19)5-3-13/h2-7,10,12,20-21H,8-9,11H2,1H3/p+1. The van der Waals surface area contributed by atoms with E-state index in [0.29, 0.717) is 0 Å². The normalized spacial score (nSPS) is 11.0. The molecule has 0 saturated heterocycles. The second-order valence-electron chi connectivity index (χ2n) is 5.38. The number of hydrogen-bond acceptors (Lipinski definition) is 1. The van der Waals surface area contributed by atoms with Crippen LogP contribution in [0.2, 0.25) is 5.02 Å². The molecule has 0 unspecified atom stereocenters. The minimum atomic E-state index is 0.788. The molecule has 0 spiro atoms. The Labute approximate surface area is 135 Å². The highest BCUT2D eigenvalue weighted by Gasteiger charge is 2.06. The van der Waals surface area contributed by atoms with Crippen LogP contribution in [-0.2, 0) is 13.0 Å². The van der Waals surface area contributed by atoms with Gasteiger partial charge in [0.25, 0.3) is 0 Å². The number of ether oxygens (including phenoxy) is 1. The molecule has 22 heavy (non-hydrogen) atoms. The quantitative estimate of drug-likeness (QED) is 0.674. The molecule has 3 N–H and O–H groups in total. The number of nitrogens with one attached hydrogen (secondary N) is 1. The number of aromatic nitrogens is 1. The highest BCUT2D eigenvalue weighted by Crippen LogP contribution is 2.23. The molecule has 0 bridgehead atoms. The summed E-state index contributed by atoms with van der Waals surface area (Å²) >= 11 is 5.90. The highest BCUT2D eigenvalue weighted by molar-refractivity contribution is 6.30. The molecule has 2 aromatic carbocycles. The van der Waals surface area contributed by atoms with E-state index in [1.165, 1.54) is 16.5 Å². The predicted molar refractivity (Wildman–Crippen MR) is 90.5 cm³/mol. The lowest BCUT2D eigenvalue weighted by molar-refractivity contribution is -0.670. The Morgan fingerprint density at radius 2 is 1.95 bits per heavy atom. The van der Waals surface area contributed by atoms with E-state index in [-0.39, 0.29) is 0 Å². The lowest BCUT2D eigenvalue weighted by atomic mass is 10.1. The Morgan fingerprint density at radius 1 is 1.14 bits per heavy atom. The Morgan fingerprint density at radius 3 is 2.73 bits per heavy atom. The first-order chi connectivity index (χ1) is 10.8. The molecular formula is C18H20ClN2O+. The van der Waals surface area contributed by atoms with Gasteiger partial charge in [-0.1, -0.05) is 23.7 Å². The van der Waals surface area contributed by atoms with Crippen molar-refractivity contribution in [2.45, 2.75) is 13.0 Å². The molecule has 0 saturated carbocycles. The second-order valence-corrected chi connectivity index (χ2v) is 5.82. The third-order valence-electron chi connectivity index (χ3n) is 3.89. The maximum absolute atomic E-state index is 5.90. The van der Waals surface area contributed by atoms with Crippen molar-refractivity contribution < 1.29 is 10.1 Å². The average Bonchev–Trinajstić information content (AvgIpc) is 2.95. The van der Waals surface area contributed by atoms with Crippen LogP contribution in [0.1, 0.15) is 11.1 Å². The van der Waals surface area contributed by atoms with Crippen LogP contribution in [0.15, 0.2) is 48.7 Å². The van der Waals surface area contributed by atoms with Gasteiger partial charge < -0.3 is 15.0 Å². The summed E-state index contributed by atoms with van der Waals surface area (Å²) in [6.07, 6.45) is 3.13. The van der Waals surface area contributed by atoms with Gasteiger partial charge in [0.1, 0.15) is 12.3 Å². The third kappa shape index (κ3) is 3.43. The summed E-state index contributed by atoms with van der Waals surface area (Å²) in [5, 5.41) is 4.36. The molecule has 4 heteroatoms. The maximum Gasteiger partial charge on any atom is 0.119 e. The number of aromatic amines is 1. The van der Waals surface area contributed by atoms with Gasteiger partial charge in [-0.15, -0.1) is 0 Å². The fourth-order valence-corrected chi connectivity index (χ4v) is 2.76. The number of fused-ring (bicyclic) bond motifs is 1. The van der Waals surface area contributed by atoms with Crippen molar-refractivity contribution in [1.82, 2.24) is 4.98 Å². The van der Waals surface area contributed by atoms with Crippen LogP contribution in [0, 0.1) is 0 Å². The summed E-state index contributed by atoms with van der Waals surface area (Å²) in [5.74, 6) is 0.901. The zero-order chi connectivity index (χ0) is 15.4. The van der Waals surface area contributed by atoms with Gasteiger partial charge in [-0.3, -0.25) is 0 Å². The minimum absolute atomic E-state index is 0.788. The van der Waals surface area contributed by atoms with Crippen molar-refractivity contribution in [3.63, 3.8) is 0 Å². The van der Waals surface area contributed by atoms with Crippen molar-refractivity contribution in [3.8, 4) is 5.75 Å². The zero-order valence-electron chi connectivity index (χ0n) is 12.6. The van der Waals surface area contributed by atoms with Crippen molar-refractivity contribution in [3.05, 3.63) is 64.8 Å².